The fraction of sp³-hybridized carbons (Fsp3) is 0.226. The quantitative estimate of drug-likeness (QED) is 0.187. The van der Waals surface area contributed by atoms with Crippen molar-refractivity contribution in [1.82, 2.24) is 4.98 Å². The van der Waals surface area contributed by atoms with Crippen LogP contribution in [0.15, 0.2) is 72.4 Å². The Labute approximate surface area is 216 Å². The molecule has 6 heteroatoms. The topological polar surface area (TPSA) is 82.6 Å². The molecule has 37 heavy (non-hydrogen) atoms. The van der Waals surface area contributed by atoms with Crippen LogP contribution in [-0.2, 0) is 9.59 Å². The highest BCUT2D eigenvalue weighted by Gasteiger charge is 2.48. The van der Waals surface area contributed by atoms with E-state index in [4.69, 9.17) is 4.74 Å². The molecule has 2 heterocycles. The predicted octanol–water partition coefficient (Wildman–Crippen LogP) is 6.54. The Morgan fingerprint density at radius 1 is 1.03 bits per heavy atom. The number of Topliss-reactive ketones (excluding diaryl/α,β-unsaturated/α-hetero) is 1. The molecule has 4 aromatic rings. The molecule has 1 unspecified atom stereocenters. The van der Waals surface area contributed by atoms with Crippen LogP contribution < -0.4 is 9.64 Å². The van der Waals surface area contributed by atoms with Crippen molar-refractivity contribution in [3.05, 3.63) is 100 Å². The minimum atomic E-state index is -0.804. The zero-order valence-electron chi connectivity index (χ0n) is 21.6. The van der Waals surface area contributed by atoms with Crippen molar-refractivity contribution in [2.75, 3.05) is 12.0 Å². The van der Waals surface area contributed by atoms with E-state index in [-0.39, 0.29) is 17.3 Å². The highest BCUT2D eigenvalue weighted by molar-refractivity contribution is 6.52. The molecule has 0 bridgehead atoms. The number of carbonyl (C=O) groups is 2. The van der Waals surface area contributed by atoms with Crippen LogP contribution in [0.3, 0.4) is 0 Å². The lowest BCUT2D eigenvalue weighted by Gasteiger charge is -2.25. The van der Waals surface area contributed by atoms with Crippen molar-refractivity contribution in [1.29, 1.82) is 0 Å². The zero-order chi connectivity index (χ0) is 26.4. The van der Waals surface area contributed by atoms with Gasteiger partial charge in [-0.25, -0.2) is 0 Å². The Morgan fingerprint density at radius 2 is 1.78 bits per heavy atom. The number of aromatic nitrogens is 1. The molecule has 5 rings (SSSR count). The van der Waals surface area contributed by atoms with Gasteiger partial charge < -0.3 is 14.8 Å². The third kappa shape index (κ3) is 3.99. The van der Waals surface area contributed by atoms with Crippen molar-refractivity contribution >= 4 is 34.0 Å². The van der Waals surface area contributed by atoms with Gasteiger partial charge in [-0.2, -0.15) is 0 Å². The molecule has 6 nitrogen and oxygen atoms in total. The average molecular weight is 495 g/mol. The normalized spacial score (nSPS) is 17.2. The number of rotatable bonds is 5. The molecular formula is C31H30N2O4. The second kappa shape index (κ2) is 9.28. The SMILES string of the molecule is COc1cc(C)c(/C(O)=C2\C(=O)C(=O)N(c3cccc(C)c3)C2c2c[nH]c3ccccc23)cc1C(C)C. The highest BCUT2D eigenvalue weighted by Crippen LogP contribution is 2.45. The summed E-state index contributed by atoms with van der Waals surface area (Å²) in [5, 5.41) is 12.6. The van der Waals surface area contributed by atoms with E-state index < -0.39 is 17.7 Å². The standard InChI is InChI=1S/C31H30N2O4/c1-17(2)22-15-23(19(4)14-26(22)37-5)29(34)27-28(24-16-32-25-12-7-6-11-21(24)25)33(31(36)30(27)35)20-10-8-9-18(3)13-20/h6-17,28,32,34H,1-5H3/b29-27+. The molecule has 0 radical (unpaired) electrons. The van der Waals surface area contributed by atoms with Crippen LogP contribution in [0.5, 0.6) is 5.75 Å². The first kappa shape index (κ1) is 24.4. The van der Waals surface area contributed by atoms with Gasteiger partial charge in [0.25, 0.3) is 11.7 Å². The van der Waals surface area contributed by atoms with E-state index in [1.165, 1.54) is 4.90 Å². The van der Waals surface area contributed by atoms with E-state index in [9.17, 15) is 14.7 Å². The summed E-state index contributed by atoms with van der Waals surface area (Å²) in [6.45, 7) is 7.88. The number of hydrogen-bond donors (Lipinski definition) is 2. The van der Waals surface area contributed by atoms with Crippen molar-refractivity contribution < 1.29 is 19.4 Å². The van der Waals surface area contributed by atoms with Crippen molar-refractivity contribution in [2.24, 2.45) is 0 Å². The van der Waals surface area contributed by atoms with Gasteiger partial charge in [0.2, 0.25) is 0 Å². The minimum Gasteiger partial charge on any atom is -0.507 e. The summed E-state index contributed by atoms with van der Waals surface area (Å²) < 4.78 is 5.57. The van der Waals surface area contributed by atoms with Gasteiger partial charge in [-0.15, -0.1) is 0 Å². The van der Waals surface area contributed by atoms with Crippen molar-refractivity contribution in [2.45, 2.75) is 39.7 Å². The van der Waals surface area contributed by atoms with Crippen LogP contribution in [0.1, 0.15) is 53.6 Å². The van der Waals surface area contributed by atoms with Gasteiger partial charge in [0.05, 0.1) is 18.7 Å². The van der Waals surface area contributed by atoms with Crippen LogP contribution in [-0.4, -0.2) is 28.9 Å². The Hall–Kier alpha value is -4.32. The Balaban J connectivity index is 1.80. The highest BCUT2D eigenvalue weighted by atomic mass is 16.5. The third-order valence-electron chi connectivity index (χ3n) is 7.09. The van der Waals surface area contributed by atoms with Crippen LogP contribution in [0.25, 0.3) is 16.7 Å². The summed E-state index contributed by atoms with van der Waals surface area (Å²) in [5.74, 6) is -0.724. The van der Waals surface area contributed by atoms with E-state index in [1.54, 1.807) is 7.11 Å². The smallest absolute Gasteiger partial charge is 0.300 e. The number of aryl methyl sites for hydroxylation is 2. The number of nitrogens with one attached hydrogen (secondary N) is 1. The van der Waals surface area contributed by atoms with E-state index in [2.05, 4.69) is 4.98 Å². The number of hydrogen-bond acceptors (Lipinski definition) is 4. The fourth-order valence-corrected chi connectivity index (χ4v) is 5.22. The molecule has 0 spiro atoms. The van der Waals surface area contributed by atoms with Gasteiger partial charge in [0.1, 0.15) is 11.5 Å². The van der Waals surface area contributed by atoms with Crippen LogP contribution in [0.4, 0.5) is 5.69 Å². The first-order valence-corrected chi connectivity index (χ1v) is 12.4. The maximum atomic E-state index is 13.6. The first-order valence-electron chi connectivity index (χ1n) is 12.4. The molecule has 1 amide bonds. The van der Waals surface area contributed by atoms with E-state index in [1.807, 2.05) is 94.6 Å². The molecule has 1 aliphatic heterocycles. The average Bonchev–Trinajstić information content (AvgIpc) is 3.41. The summed E-state index contributed by atoms with van der Waals surface area (Å²) >= 11 is 0. The fourth-order valence-electron chi connectivity index (χ4n) is 5.22. The molecule has 1 fully saturated rings. The number of H-pyrrole nitrogens is 1. The molecule has 1 aliphatic rings. The largest absolute Gasteiger partial charge is 0.507 e. The Bertz CT molecular complexity index is 1580. The number of aliphatic hydroxyl groups is 1. The summed E-state index contributed by atoms with van der Waals surface area (Å²) in [6.07, 6.45) is 1.82. The minimum absolute atomic E-state index is 0.0687. The Morgan fingerprint density at radius 3 is 2.49 bits per heavy atom. The van der Waals surface area contributed by atoms with Crippen molar-refractivity contribution in [3.63, 3.8) is 0 Å². The van der Waals surface area contributed by atoms with E-state index in [0.717, 1.165) is 38.9 Å². The molecule has 0 saturated carbocycles. The number of amides is 1. The molecular weight excluding hydrogens is 464 g/mol. The molecule has 1 aromatic heterocycles. The maximum absolute atomic E-state index is 13.6. The lowest BCUT2D eigenvalue weighted by Crippen LogP contribution is -2.29. The van der Waals surface area contributed by atoms with E-state index >= 15 is 0 Å². The van der Waals surface area contributed by atoms with Gasteiger partial charge >= 0.3 is 0 Å². The van der Waals surface area contributed by atoms with Gasteiger partial charge in [0.15, 0.2) is 0 Å². The predicted molar refractivity (Wildman–Crippen MR) is 146 cm³/mol. The van der Waals surface area contributed by atoms with Gasteiger partial charge in [-0.05, 0) is 66.8 Å². The lowest BCUT2D eigenvalue weighted by molar-refractivity contribution is -0.132. The number of benzene rings is 3. The number of para-hydroxylation sites is 1. The third-order valence-corrected chi connectivity index (χ3v) is 7.09. The van der Waals surface area contributed by atoms with Gasteiger partial charge in [-0.1, -0.05) is 44.2 Å². The number of carbonyl (C=O) groups excluding carboxylic acids is 2. The summed E-state index contributed by atoms with van der Waals surface area (Å²) in [5.41, 5.74) is 5.43. The lowest BCUT2D eigenvalue weighted by atomic mass is 9.91. The van der Waals surface area contributed by atoms with Crippen LogP contribution in [0.2, 0.25) is 0 Å². The number of ether oxygens (including phenoxy) is 1. The molecule has 188 valence electrons. The van der Waals surface area contributed by atoms with E-state index in [0.29, 0.717) is 11.3 Å². The van der Waals surface area contributed by atoms with Gasteiger partial charge in [-0.3, -0.25) is 14.5 Å². The number of nitrogens with zero attached hydrogens (tertiary/aromatic N) is 1. The molecule has 1 atom stereocenters. The zero-order valence-corrected chi connectivity index (χ0v) is 21.6. The summed E-state index contributed by atoms with van der Waals surface area (Å²) in [4.78, 5) is 32.0. The Kier molecular flexibility index (Phi) is 6.12. The van der Waals surface area contributed by atoms with Gasteiger partial charge in [0, 0.05) is 33.9 Å². The van der Waals surface area contributed by atoms with Crippen molar-refractivity contribution in [3.8, 4) is 5.75 Å². The maximum Gasteiger partial charge on any atom is 0.300 e. The second-order valence-electron chi connectivity index (χ2n) is 9.86. The number of anilines is 1. The van der Waals surface area contributed by atoms with Crippen LogP contribution >= 0.6 is 0 Å². The second-order valence-corrected chi connectivity index (χ2v) is 9.86. The number of fused-ring (bicyclic) bond motifs is 1. The number of ketones is 1. The summed E-state index contributed by atoms with van der Waals surface area (Å²) in [6, 6.07) is 18.2. The molecule has 1 saturated heterocycles. The number of methoxy groups -OCH3 is 1. The number of aromatic amines is 1. The molecule has 2 N–H and O–H groups in total. The molecule has 3 aromatic carbocycles. The summed E-state index contributed by atoms with van der Waals surface area (Å²) in [7, 11) is 1.62. The van der Waals surface area contributed by atoms with Crippen LogP contribution in [0, 0.1) is 13.8 Å². The molecule has 0 aliphatic carbocycles. The monoisotopic (exact) mass is 494 g/mol. The number of aliphatic hydroxyl groups excluding tert-OH is 1. The first-order chi connectivity index (χ1) is 17.7.